The van der Waals surface area contributed by atoms with Crippen molar-refractivity contribution in [2.45, 2.75) is 26.4 Å². The Bertz CT molecular complexity index is 626. The Morgan fingerprint density at radius 2 is 1.95 bits per heavy atom. The third kappa shape index (κ3) is 4.00. The summed E-state index contributed by atoms with van der Waals surface area (Å²) in [6, 6.07) is 6.70. The van der Waals surface area contributed by atoms with Gasteiger partial charge in [-0.25, -0.2) is 0 Å². The Labute approximate surface area is 121 Å². The van der Waals surface area contributed by atoms with Gasteiger partial charge in [0.15, 0.2) is 6.61 Å². The maximum Gasteiger partial charge on any atom is 0.422 e. The molecule has 114 valence electrons. The van der Waals surface area contributed by atoms with E-state index in [2.05, 4.69) is 10.3 Å². The highest BCUT2D eigenvalue weighted by Gasteiger charge is 2.28. The number of fused-ring (bicyclic) bond motifs is 1. The fourth-order valence-electron chi connectivity index (χ4n) is 2.03. The van der Waals surface area contributed by atoms with Gasteiger partial charge in [-0.15, -0.1) is 0 Å². The molecule has 1 heterocycles. The second-order valence-electron chi connectivity index (χ2n) is 4.63. The van der Waals surface area contributed by atoms with Crippen molar-refractivity contribution in [3.8, 4) is 5.75 Å². The van der Waals surface area contributed by atoms with Crippen molar-refractivity contribution in [1.29, 1.82) is 0 Å². The fourth-order valence-corrected chi connectivity index (χ4v) is 2.03. The number of hydrogen-bond donors (Lipinski definition) is 1. The Morgan fingerprint density at radius 1 is 1.19 bits per heavy atom. The molecule has 0 amide bonds. The smallest absolute Gasteiger partial charge is 0.422 e. The lowest BCUT2D eigenvalue weighted by atomic mass is 10.1. The highest BCUT2D eigenvalue weighted by atomic mass is 19.4. The van der Waals surface area contributed by atoms with Crippen LogP contribution in [0.2, 0.25) is 0 Å². The number of anilines is 1. The number of hydrogen-bond acceptors (Lipinski definition) is 3. The average molecular weight is 298 g/mol. The molecule has 1 N–H and O–H groups in total. The second-order valence-corrected chi connectivity index (χ2v) is 4.63. The quantitative estimate of drug-likeness (QED) is 0.899. The Balaban J connectivity index is 2.38. The zero-order valence-corrected chi connectivity index (χ0v) is 11.9. The minimum absolute atomic E-state index is 0.185. The van der Waals surface area contributed by atoms with Crippen LogP contribution in [0, 0.1) is 0 Å². The van der Waals surface area contributed by atoms with Crippen molar-refractivity contribution in [1.82, 2.24) is 4.98 Å². The molecule has 2 aromatic rings. The maximum atomic E-state index is 12.2. The Kier molecular flexibility index (Phi) is 4.55. The first-order chi connectivity index (χ1) is 9.93. The number of nitrogens with one attached hydrogen (secondary N) is 1. The molecule has 0 radical (unpaired) electrons. The van der Waals surface area contributed by atoms with Gasteiger partial charge in [-0.2, -0.15) is 13.2 Å². The molecule has 0 unspecified atom stereocenters. The Morgan fingerprint density at radius 3 is 2.57 bits per heavy atom. The molecule has 0 saturated carbocycles. The van der Waals surface area contributed by atoms with Crippen LogP contribution in [-0.4, -0.2) is 24.3 Å². The first kappa shape index (κ1) is 15.4. The zero-order chi connectivity index (χ0) is 15.5. The molecular formula is C15H17F3N2O. The minimum Gasteiger partial charge on any atom is -0.484 e. The molecule has 1 aromatic heterocycles. The van der Waals surface area contributed by atoms with Gasteiger partial charge in [-0.3, -0.25) is 4.98 Å². The van der Waals surface area contributed by atoms with E-state index in [9.17, 15) is 13.2 Å². The number of ether oxygens (including phenoxy) is 1. The normalized spacial score (nSPS) is 11.7. The van der Waals surface area contributed by atoms with E-state index in [4.69, 9.17) is 4.74 Å². The number of nitrogens with zero attached hydrogens (tertiary/aromatic N) is 1. The first-order valence-corrected chi connectivity index (χ1v) is 6.80. The largest absolute Gasteiger partial charge is 0.484 e. The van der Waals surface area contributed by atoms with Crippen LogP contribution in [-0.2, 0) is 6.42 Å². The molecule has 2 rings (SSSR count). The van der Waals surface area contributed by atoms with Crippen LogP contribution >= 0.6 is 0 Å². The molecule has 0 saturated heterocycles. The van der Waals surface area contributed by atoms with E-state index in [0.717, 1.165) is 35.2 Å². The van der Waals surface area contributed by atoms with E-state index in [1.165, 1.54) is 6.07 Å². The maximum absolute atomic E-state index is 12.2. The highest BCUT2D eigenvalue weighted by molar-refractivity contribution is 5.92. The molecule has 3 nitrogen and oxygen atoms in total. The summed E-state index contributed by atoms with van der Waals surface area (Å²) in [4.78, 5) is 4.47. The van der Waals surface area contributed by atoms with Gasteiger partial charge >= 0.3 is 6.18 Å². The fraction of sp³-hybridized carbons (Fsp3) is 0.400. The Hall–Kier alpha value is -1.98. The standard InChI is InChI=1S/C15H17F3N2O/c1-3-10-7-14(19-4-2)12-8-11(5-6-13(12)20-10)21-9-15(16,17)18/h5-8H,3-4,9H2,1-2H3,(H,19,20). The van der Waals surface area contributed by atoms with E-state index in [-0.39, 0.29) is 5.75 Å². The van der Waals surface area contributed by atoms with E-state index >= 15 is 0 Å². The number of pyridine rings is 1. The van der Waals surface area contributed by atoms with Crippen molar-refractivity contribution in [2.75, 3.05) is 18.5 Å². The molecule has 21 heavy (non-hydrogen) atoms. The van der Waals surface area contributed by atoms with E-state index in [1.54, 1.807) is 12.1 Å². The first-order valence-electron chi connectivity index (χ1n) is 6.80. The lowest BCUT2D eigenvalue weighted by Gasteiger charge is -2.13. The van der Waals surface area contributed by atoms with Crippen LogP contribution in [0.1, 0.15) is 19.5 Å². The van der Waals surface area contributed by atoms with Gasteiger partial charge in [0.25, 0.3) is 0 Å². The lowest BCUT2D eigenvalue weighted by molar-refractivity contribution is -0.153. The molecule has 0 spiro atoms. The van der Waals surface area contributed by atoms with E-state index in [1.807, 2.05) is 19.9 Å². The monoisotopic (exact) mass is 298 g/mol. The van der Waals surface area contributed by atoms with E-state index in [0.29, 0.717) is 0 Å². The SMILES string of the molecule is CCNc1cc(CC)nc2ccc(OCC(F)(F)F)cc12. The summed E-state index contributed by atoms with van der Waals surface area (Å²) in [5.74, 6) is 0.185. The molecular weight excluding hydrogens is 281 g/mol. The van der Waals surface area contributed by atoms with Crippen molar-refractivity contribution in [2.24, 2.45) is 0 Å². The van der Waals surface area contributed by atoms with Gasteiger partial charge in [0.05, 0.1) is 5.52 Å². The number of aryl methyl sites for hydroxylation is 1. The average Bonchev–Trinajstić information content (AvgIpc) is 2.44. The van der Waals surface area contributed by atoms with Gasteiger partial charge < -0.3 is 10.1 Å². The molecule has 1 aromatic carbocycles. The molecule has 0 aliphatic carbocycles. The van der Waals surface area contributed by atoms with Crippen molar-refractivity contribution >= 4 is 16.6 Å². The predicted octanol–water partition coefficient (Wildman–Crippen LogP) is 4.17. The van der Waals surface area contributed by atoms with Crippen LogP contribution < -0.4 is 10.1 Å². The molecule has 0 aliphatic rings. The lowest BCUT2D eigenvalue weighted by Crippen LogP contribution is -2.19. The van der Waals surface area contributed by atoms with Crippen LogP contribution in [0.5, 0.6) is 5.75 Å². The van der Waals surface area contributed by atoms with Crippen molar-refractivity contribution in [3.63, 3.8) is 0 Å². The van der Waals surface area contributed by atoms with Crippen LogP contribution in [0.3, 0.4) is 0 Å². The molecule has 0 atom stereocenters. The van der Waals surface area contributed by atoms with Crippen molar-refractivity contribution < 1.29 is 17.9 Å². The van der Waals surface area contributed by atoms with Gasteiger partial charge in [0.1, 0.15) is 5.75 Å². The zero-order valence-electron chi connectivity index (χ0n) is 11.9. The summed E-state index contributed by atoms with van der Waals surface area (Å²) >= 11 is 0. The van der Waals surface area contributed by atoms with Crippen molar-refractivity contribution in [3.05, 3.63) is 30.0 Å². The minimum atomic E-state index is -4.34. The summed E-state index contributed by atoms with van der Waals surface area (Å²) in [6.07, 6.45) is -3.55. The summed E-state index contributed by atoms with van der Waals surface area (Å²) < 4.78 is 41.4. The highest BCUT2D eigenvalue weighted by Crippen LogP contribution is 2.28. The topological polar surface area (TPSA) is 34.2 Å². The number of aromatic nitrogens is 1. The summed E-state index contributed by atoms with van der Waals surface area (Å²) in [6.45, 7) is 3.39. The van der Waals surface area contributed by atoms with Gasteiger partial charge in [0, 0.05) is 23.3 Å². The number of alkyl halides is 3. The molecule has 0 fully saturated rings. The number of benzene rings is 1. The van der Waals surface area contributed by atoms with Gasteiger partial charge in [-0.05, 0) is 37.6 Å². The second kappa shape index (κ2) is 6.20. The van der Waals surface area contributed by atoms with E-state index < -0.39 is 12.8 Å². The summed E-state index contributed by atoms with van der Waals surface area (Å²) in [5, 5.41) is 3.97. The molecule has 0 aliphatic heterocycles. The summed E-state index contributed by atoms with van der Waals surface area (Å²) in [7, 11) is 0. The number of rotatable bonds is 5. The van der Waals surface area contributed by atoms with Crippen LogP contribution in [0.15, 0.2) is 24.3 Å². The predicted molar refractivity (Wildman–Crippen MR) is 76.8 cm³/mol. The summed E-state index contributed by atoms with van der Waals surface area (Å²) in [5.41, 5.74) is 2.53. The molecule has 6 heteroatoms. The number of halogens is 3. The van der Waals surface area contributed by atoms with Gasteiger partial charge in [-0.1, -0.05) is 6.92 Å². The van der Waals surface area contributed by atoms with Crippen LogP contribution in [0.25, 0.3) is 10.9 Å². The van der Waals surface area contributed by atoms with Crippen LogP contribution in [0.4, 0.5) is 18.9 Å². The van der Waals surface area contributed by atoms with Gasteiger partial charge in [0.2, 0.25) is 0 Å². The third-order valence-corrected chi connectivity index (χ3v) is 2.97. The third-order valence-electron chi connectivity index (χ3n) is 2.97. The molecule has 0 bridgehead atoms.